The number of aromatic nitrogens is 2. The molecule has 2 heterocycles. The first-order valence-electron chi connectivity index (χ1n) is 9.06. The van der Waals surface area contributed by atoms with Crippen molar-refractivity contribution < 1.29 is 19.0 Å². The van der Waals surface area contributed by atoms with Gasteiger partial charge in [0.15, 0.2) is 11.5 Å². The van der Waals surface area contributed by atoms with E-state index in [4.69, 9.17) is 14.2 Å². The number of hydrogen-bond donors (Lipinski definition) is 1. The molecule has 0 unspecified atom stereocenters. The van der Waals surface area contributed by atoms with Crippen molar-refractivity contribution in [2.24, 2.45) is 0 Å². The number of carbonyl (C=O) groups is 1. The predicted octanol–water partition coefficient (Wildman–Crippen LogP) is 4.69. The van der Waals surface area contributed by atoms with Crippen molar-refractivity contribution in [1.82, 2.24) is 9.97 Å². The second-order valence-corrected chi connectivity index (χ2v) is 7.18. The highest BCUT2D eigenvalue weighted by molar-refractivity contribution is 7.17. The van der Waals surface area contributed by atoms with E-state index < -0.39 is 0 Å². The van der Waals surface area contributed by atoms with Gasteiger partial charge in [-0.15, -0.1) is 11.3 Å². The van der Waals surface area contributed by atoms with Crippen molar-refractivity contribution in [3.63, 3.8) is 0 Å². The molecule has 30 heavy (non-hydrogen) atoms. The van der Waals surface area contributed by atoms with Crippen LogP contribution in [0.2, 0.25) is 0 Å². The quantitative estimate of drug-likeness (QED) is 0.433. The van der Waals surface area contributed by atoms with Crippen molar-refractivity contribution in [3.8, 4) is 17.2 Å². The van der Waals surface area contributed by atoms with Gasteiger partial charge in [0.2, 0.25) is 17.5 Å². The maximum Gasteiger partial charge on any atom is 0.228 e. The summed E-state index contributed by atoms with van der Waals surface area (Å²) in [5, 5.41) is 5.04. The molecular weight excluding hydrogens is 402 g/mol. The van der Waals surface area contributed by atoms with Gasteiger partial charge in [-0.05, 0) is 35.7 Å². The largest absolute Gasteiger partial charge is 0.493 e. The van der Waals surface area contributed by atoms with Crippen LogP contribution in [0.25, 0.3) is 10.2 Å². The summed E-state index contributed by atoms with van der Waals surface area (Å²) in [7, 11) is 4.54. The Kier molecular flexibility index (Phi) is 5.49. The Bertz CT molecular complexity index is 1180. The van der Waals surface area contributed by atoms with E-state index >= 15 is 0 Å². The molecule has 0 aliphatic rings. The van der Waals surface area contributed by atoms with E-state index in [2.05, 4.69) is 15.3 Å². The van der Waals surface area contributed by atoms with Crippen LogP contribution in [0.5, 0.6) is 17.2 Å². The molecule has 8 heteroatoms. The fourth-order valence-corrected chi connectivity index (χ4v) is 3.89. The fourth-order valence-electron chi connectivity index (χ4n) is 3.07. The number of anilines is 2. The molecule has 2 aromatic heterocycles. The molecule has 4 aromatic rings. The van der Waals surface area contributed by atoms with Gasteiger partial charge < -0.3 is 19.5 Å². The average molecular weight is 421 g/mol. The number of ether oxygens (including phenoxy) is 3. The van der Waals surface area contributed by atoms with Crippen LogP contribution in [0.1, 0.15) is 16.1 Å². The van der Waals surface area contributed by atoms with Crippen LogP contribution in [0.15, 0.2) is 53.9 Å². The molecule has 4 rings (SSSR count). The summed E-state index contributed by atoms with van der Waals surface area (Å²) < 4.78 is 16.8. The first-order valence-corrected chi connectivity index (χ1v) is 9.94. The molecule has 1 N–H and O–H groups in total. The highest BCUT2D eigenvalue weighted by atomic mass is 32.1. The topological polar surface area (TPSA) is 82.6 Å². The number of para-hydroxylation sites is 1. The van der Waals surface area contributed by atoms with Crippen LogP contribution >= 0.6 is 11.3 Å². The van der Waals surface area contributed by atoms with Crippen molar-refractivity contribution >= 4 is 39.0 Å². The van der Waals surface area contributed by atoms with Crippen LogP contribution in [0, 0.1) is 0 Å². The Morgan fingerprint density at radius 2 is 1.63 bits per heavy atom. The first kappa shape index (κ1) is 19.7. The highest BCUT2D eigenvalue weighted by Gasteiger charge is 2.22. The van der Waals surface area contributed by atoms with Crippen LogP contribution in [0.3, 0.4) is 0 Å². The van der Waals surface area contributed by atoms with Gasteiger partial charge in [0, 0.05) is 11.3 Å². The molecule has 2 aromatic carbocycles. The van der Waals surface area contributed by atoms with E-state index in [1.165, 1.54) is 32.7 Å². The smallest absolute Gasteiger partial charge is 0.228 e. The lowest BCUT2D eigenvalue weighted by Gasteiger charge is -2.14. The van der Waals surface area contributed by atoms with Gasteiger partial charge in [0.05, 0.1) is 31.5 Å². The number of benzene rings is 2. The van der Waals surface area contributed by atoms with Gasteiger partial charge in [-0.3, -0.25) is 4.79 Å². The van der Waals surface area contributed by atoms with E-state index in [1.807, 2.05) is 41.8 Å². The van der Waals surface area contributed by atoms with Crippen LogP contribution < -0.4 is 19.5 Å². The zero-order chi connectivity index (χ0) is 21.1. The molecule has 152 valence electrons. The zero-order valence-electron chi connectivity index (χ0n) is 16.6. The number of ketones is 1. The van der Waals surface area contributed by atoms with Crippen molar-refractivity contribution in [1.29, 1.82) is 0 Å². The summed E-state index contributed by atoms with van der Waals surface area (Å²) in [6, 6.07) is 14.7. The van der Waals surface area contributed by atoms with E-state index in [9.17, 15) is 4.79 Å². The molecule has 0 aliphatic carbocycles. The number of nitrogens with one attached hydrogen (secondary N) is 1. The molecule has 0 saturated heterocycles. The summed E-state index contributed by atoms with van der Waals surface area (Å²) in [6.07, 6.45) is 0. The minimum atomic E-state index is -0.264. The van der Waals surface area contributed by atoms with E-state index in [0.717, 1.165) is 5.69 Å². The number of rotatable bonds is 7. The molecule has 0 spiro atoms. The molecule has 0 saturated carbocycles. The lowest BCUT2D eigenvalue weighted by molar-refractivity contribution is 0.103. The minimum Gasteiger partial charge on any atom is -0.493 e. The summed E-state index contributed by atoms with van der Waals surface area (Å²) in [6.45, 7) is 0. The molecule has 0 atom stereocenters. The molecule has 0 radical (unpaired) electrons. The maximum atomic E-state index is 13.4. The monoisotopic (exact) mass is 421 g/mol. The molecule has 0 fully saturated rings. The van der Waals surface area contributed by atoms with Crippen LogP contribution in [-0.4, -0.2) is 37.1 Å². The SMILES string of the molecule is COc1cc(C(=O)c2nc(Nc3ccccc3)nc3ccsc23)cc(OC)c1OC. The third-order valence-corrected chi connectivity index (χ3v) is 5.39. The van der Waals surface area contributed by atoms with Crippen molar-refractivity contribution in [2.45, 2.75) is 0 Å². The van der Waals surface area contributed by atoms with Crippen LogP contribution in [-0.2, 0) is 0 Å². The summed E-state index contributed by atoms with van der Waals surface area (Å²) in [4.78, 5) is 22.5. The number of hydrogen-bond acceptors (Lipinski definition) is 8. The third kappa shape index (κ3) is 3.65. The molecular formula is C22H19N3O4S. The maximum absolute atomic E-state index is 13.4. The van der Waals surface area contributed by atoms with Gasteiger partial charge in [0.1, 0.15) is 5.69 Å². The minimum absolute atomic E-state index is 0.264. The Labute approximate surface area is 177 Å². The zero-order valence-corrected chi connectivity index (χ0v) is 17.4. The van der Waals surface area contributed by atoms with Crippen LogP contribution in [0.4, 0.5) is 11.6 Å². The predicted molar refractivity (Wildman–Crippen MR) is 117 cm³/mol. The van der Waals surface area contributed by atoms with Gasteiger partial charge in [-0.2, -0.15) is 0 Å². The summed E-state index contributed by atoms with van der Waals surface area (Å²) in [5.74, 6) is 1.31. The van der Waals surface area contributed by atoms with E-state index in [0.29, 0.717) is 44.7 Å². The van der Waals surface area contributed by atoms with Gasteiger partial charge in [-0.1, -0.05) is 18.2 Å². The van der Waals surface area contributed by atoms with Crippen molar-refractivity contribution in [2.75, 3.05) is 26.6 Å². The normalized spacial score (nSPS) is 10.6. The Hall–Kier alpha value is -3.65. The molecule has 0 bridgehead atoms. The summed E-state index contributed by atoms with van der Waals surface area (Å²) >= 11 is 1.42. The number of methoxy groups -OCH3 is 3. The third-order valence-electron chi connectivity index (χ3n) is 4.48. The second-order valence-electron chi connectivity index (χ2n) is 6.26. The van der Waals surface area contributed by atoms with E-state index in [-0.39, 0.29) is 5.78 Å². The van der Waals surface area contributed by atoms with Crippen molar-refractivity contribution in [3.05, 3.63) is 65.2 Å². The first-order chi connectivity index (χ1) is 14.6. The Morgan fingerprint density at radius 3 is 2.27 bits per heavy atom. The lowest BCUT2D eigenvalue weighted by Crippen LogP contribution is -2.09. The fraction of sp³-hybridized carbons (Fsp3) is 0.136. The molecule has 0 aliphatic heterocycles. The molecule has 0 amide bonds. The van der Waals surface area contributed by atoms with Gasteiger partial charge >= 0.3 is 0 Å². The van der Waals surface area contributed by atoms with E-state index in [1.54, 1.807) is 12.1 Å². The number of thiophene rings is 1. The standard InChI is InChI=1S/C22H19N3O4S/c1-27-16-11-13(12-17(28-2)20(16)29-3)19(26)18-21-15(9-10-30-21)24-22(25-18)23-14-7-5-4-6-8-14/h4-12H,1-3H3,(H,23,24,25). The summed E-state index contributed by atoms with van der Waals surface area (Å²) in [5.41, 5.74) is 2.22. The number of carbonyl (C=O) groups excluding carboxylic acids is 1. The number of nitrogens with zero attached hydrogens (tertiary/aromatic N) is 2. The number of fused-ring (bicyclic) bond motifs is 1. The lowest BCUT2D eigenvalue weighted by atomic mass is 10.1. The van der Waals surface area contributed by atoms with Gasteiger partial charge in [-0.25, -0.2) is 9.97 Å². The highest BCUT2D eigenvalue weighted by Crippen LogP contribution is 2.39. The average Bonchev–Trinajstić information content (AvgIpc) is 3.26. The Morgan fingerprint density at radius 1 is 0.933 bits per heavy atom. The Balaban J connectivity index is 1.81. The molecule has 7 nitrogen and oxygen atoms in total. The van der Waals surface area contributed by atoms with Gasteiger partial charge in [0.25, 0.3) is 0 Å². The second kappa shape index (κ2) is 8.38.